The van der Waals surface area contributed by atoms with E-state index in [1.54, 1.807) is 30.3 Å². The van der Waals surface area contributed by atoms with Gasteiger partial charge in [0.1, 0.15) is 5.70 Å². The van der Waals surface area contributed by atoms with E-state index in [4.69, 9.17) is 0 Å². The Hall–Kier alpha value is -2.70. The van der Waals surface area contributed by atoms with Crippen molar-refractivity contribution in [3.8, 4) is 0 Å². The van der Waals surface area contributed by atoms with Crippen LogP contribution in [0.3, 0.4) is 0 Å². The SMILES string of the molecule is Cc1cccc(C(=O)NC(=Cc2ccc(Br)cc2)C(=O)Nc2ccc(Br)cc2)c1. The Morgan fingerprint density at radius 3 is 2.10 bits per heavy atom. The molecule has 2 amide bonds. The third-order valence-corrected chi connectivity index (χ3v) is 5.11. The lowest BCUT2D eigenvalue weighted by atomic mass is 10.1. The van der Waals surface area contributed by atoms with Crippen LogP contribution in [0, 0.1) is 6.92 Å². The van der Waals surface area contributed by atoms with Crippen molar-refractivity contribution < 1.29 is 9.59 Å². The van der Waals surface area contributed by atoms with Crippen LogP contribution in [0.25, 0.3) is 6.08 Å². The standard InChI is InChI=1S/C23H18Br2N2O2/c1-15-3-2-4-17(13-15)22(28)27-21(14-16-5-7-18(24)8-6-16)23(29)26-20-11-9-19(25)10-12-20/h2-14H,1H3,(H,26,29)(H,27,28). The quantitative estimate of drug-likeness (QED) is 0.415. The molecular formula is C23H18Br2N2O2. The summed E-state index contributed by atoms with van der Waals surface area (Å²) in [7, 11) is 0. The zero-order valence-corrected chi connectivity index (χ0v) is 18.7. The molecule has 4 nitrogen and oxygen atoms in total. The summed E-state index contributed by atoms with van der Waals surface area (Å²) in [6.45, 7) is 1.91. The van der Waals surface area contributed by atoms with Gasteiger partial charge in [-0.3, -0.25) is 9.59 Å². The first kappa shape index (κ1) is 21.0. The van der Waals surface area contributed by atoms with Gasteiger partial charge in [-0.25, -0.2) is 0 Å². The van der Waals surface area contributed by atoms with Gasteiger partial charge in [-0.2, -0.15) is 0 Å². The van der Waals surface area contributed by atoms with Crippen molar-refractivity contribution in [2.75, 3.05) is 5.32 Å². The highest BCUT2D eigenvalue weighted by Crippen LogP contribution is 2.17. The molecule has 0 heterocycles. The molecule has 0 aliphatic carbocycles. The van der Waals surface area contributed by atoms with E-state index in [0.29, 0.717) is 11.3 Å². The molecule has 0 aliphatic rings. The van der Waals surface area contributed by atoms with Crippen molar-refractivity contribution in [1.29, 1.82) is 0 Å². The van der Waals surface area contributed by atoms with Crippen LogP contribution in [0.15, 0.2) is 87.4 Å². The van der Waals surface area contributed by atoms with Crippen LogP contribution in [-0.2, 0) is 4.79 Å². The highest BCUT2D eigenvalue weighted by molar-refractivity contribution is 9.10. The lowest BCUT2D eigenvalue weighted by molar-refractivity contribution is -0.113. The fourth-order valence-corrected chi connectivity index (χ4v) is 3.13. The van der Waals surface area contributed by atoms with E-state index in [2.05, 4.69) is 42.5 Å². The summed E-state index contributed by atoms with van der Waals surface area (Å²) in [5.41, 5.74) is 3.03. The van der Waals surface area contributed by atoms with E-state index in [-0.39, 0.29) is 11.6 Å². The predicted octanol–water partition coefficient (Wildman–Crippen LogP) is 5.93. The van der Waals surface area contributed by atoms with Crippen molar-refractivity contribution in [2.24, 2.45) is 0 Å². The average Bonchev–Trinajstić information content (AvgIpc) is 2.70. The number of halogens is 2. The summed E-state index contributed by atoms with van der Waals surface area (Å²) in [5.74, 6) is -0.751. The third-order valence-electron chi connectivity index (χ3n) is 4.06. The highest BCUT2D eigenvalue weighted by atomic mass is 79.9. The maximum absolute atomic E-state index is 12.9. The van der Waals surface area contributed by atoms with Crippen molar-refractivity contribution in [2.45, 2.75) is 6.92 Å². The van der Waals surface area contributed by atoms with Crippen LogP contribution in [-0.4, -0.2) is 11.8 Å². The summed E-state index contributed by atoms with van der Waals surface area (Å²) < 4.78 is 1.84. The largest absolute Gasteiger partial charge is 0.321 e. The summed E-state index contributed by atoms with van der Waals surface area (Å²) in [4.78, 5) is 25.6. The first-order chi connectivity index (χ1) is 13.9. The Labute approximate surface area is 186 Å². The molecule has 2 N–H and O–H groups in total. The number of amides is 2. The van der Waals surface area contributed by atoms with Gasteiger partial charge in [0.15, 0.2) is 0 Å². The Bertz CT molecular complexity index is 1060. The number of benzene rings is 3. The molecule has 0 saturated carbocycles. The smallest absolute Gasteiger partial charge is 0.272 e. The van der Waals surface area contributed by atoms with Gasteiger partial charge in [0.05, 0.1) is 0 Å². The number of carbonyl (C=O) groups is 2. The Morgan fingerprint density at radius 1 is 0.862 bits per heavy atom. The third kappa shape index (κ3) is 6.14. The average molecular weight is 514 g/mol. The monoisotopic (exact) mass is 512 g/mol. The second-order valence-electron chi connectivity index (χ2n) is 6.39. The molecule has 146 valence electrons. The van der Waals surface area contributed by atoms with Gasteiger partial charge in [-0.05, 0) is 67.1 Å². The summed E-state index contributed by atoms with van der Waals surface area (Å²) >= 11 is 6.76. The van der Waals surface area contributed by atoms with Gasteiger partial charge in [0.25, 0.3) is 11.8 Å². The van der Waals surface area contributed by atoms with Crippen molar-refractivity contribution >= 4 is 55.4 Å². The molecule has 0 bridgehead atoms. The number of anilines is 1. The first-order valence-corrected chi connectivity index (χ1v) is 10.4. The number of hydrogen-bond donors (Lipinski definition) is 2. The Morgan fingerprint density at radius 2 is 1.48 bits per heavy atom. The topological polar surface area (TPSA) is 58.2 Å². The van der Waals surface area contributed by atoms with Crippen LogP contribution in [0.1, 0.15) is 21.5 Å². The maximum atomic E-state index is 12.9. The fraction of sp³-hybridized carbons (Fsp3) is 0.0435. The zero-order chi connectivity index (χ0) is 20.8. The minimum Gasteiger partial charge on any atom is -0.321 e. The van der Waals surface area contributed by atoms with Crippen molar-refractivity contribution in [3.63, 3.8) is 0 Å². The van der Waals surface area contributed by atoms with Gasteiger partial charge in [0.2, 0.25) is 0 Å². The van der Waals surface area contributed by atoms with E-state index in [1.165, 1.54) is 0 Å². The second-order valence-corrected chi connectivity index (χ2v) is 8.23. The van der Waals surface area contributed by atoms with Gasteiger partial charge in [0, 0.05) is 20.2 Å². The molecule has 0 radical (unpaired) electrons. The molecule has 0 unspecified atom stereocenters. The molecule has 3 aromatic carbocycles. The predicted molar refractivity (Wildman–Crippen MR) is 124 cm³/mol. The number of hydrogen-bond acceptors (Lipinski definition) is 2. The molecule has 0 aliphatic heterocycles. The van der Waals surface area contributed by atoms with Gasteiger partial charge in [-0.15, -0.1) is 0 Å². The highest BCUT2D eigenvalue weighted by Gasteiger charge is 2.15. The molecule has 0 saturated heterocycles. The minimum atomic E-state index is -0.406. The fourth-order valence-electron chi connectivity index (χ4n) is 2.60. The Balaban J connectivity index is 1.88. The minimum absolute atomic E-state index is 0.154. The molecule has 6 heteroatoms. The van der Waals surface area contributed by atoms with Gasteiger partial charge in [-0.1, -0.05) is 61.7 Å². The lowest BCUT2D eigenvalue weighted by Gasteiger charge is -2.12. The summed E-state index contributed by atoms with van der Waals surface area (Å²) in [6.07, 6.45) is 1.65. The van der Waals surface area contributed by atoms with Crippen LogP contribution >= 0.6 is 31.9 Å². The molecule has 3 aromatic rings. The number of aryl methyl sites for hydroxylation is 1. The summed E-state index contributed by atoms with van der Waals surface area (Å²) in [5, 5.41) is 5.56. The van der Waals surface area contributed by atoms with E-state index >= 15 is 0 Å². The van der Waals surface area contributed by atoms with Crippen LogP contribution in [0.4, 0.5) is 5.69 Å². The molecular weight excluding hydrogens is 496 g/mol. The van der Waals surface area contributed by atoms with Crippen molar-refractivity contribution in [1.82, 2.24) is 5.32 Å². The normalized spacial score (nSPS) is 11.1. The maximum Gasteiger partial charge on any atom is 0.272 e. The lowest BCUT2D eigenvalue weighted by Crippen LogP contribution is -2.30. The molecule has 0 fully saturated rings. The molecule has 0 aromatic heterocycles. The van der Waals surface area contributed by atoms with E-state index < -0.39 is 5.91 Å². The number of rotatable bonds is 5. The number of carbonyl (C=O) groups excluding carboxylic acids is 2. The molecule has 0 spiro atoms. The zero-order valence-electron chi connectivity index (χ0n) is 15.6. The molecule has 3 rings (SSSR count). The van der Waals surface area contributed by atoms with E-state index in [0.717, 1.165) is 20.1 Å². The molecule has 0 atom stereocenters. The van der Waals surface area contributed by atoms with Crippen LogP contribution < -0.4 is 10.6 Å². The van der Waals surface area contributed by atoms with Gasteiger partial charge < -0.3 is 10.6 Å². The van der Waals surface area contributed by atoms with Crippen LogP contribution in [0.5, 0.6) is 0 Å². The van der Waals surface area contributed by atoms with Gasteiger partial charge >= 0.3 is 0 Å². The van der Waals surface area contributed by atoms with Crippen molar-refractivity contribution in [3.05, 3.63) is 104 Å². The van der Waals surface area contributed by atoms with E-state index in [1.807, 2.05) is 55.5 Å². The Kier molecular flexibility index (Phi) is 7.01. The van der Waals surface area contributed by atoms with E-state index in [9.17, 15) is 9.59 Å². The second kappa shape index (κ2) is 9.67. The summed E-state index contributed by atoms with van der Waals surface area (Å²) in [6, 6.07) is 21.9. The van der Waals surface area contributed by atoms with Crippen LogP contribution in [0.2, 0.25) is 0 Å². The first-order valence-electron chi connectivity index (χ1n) is 8.83. The number of nitrogens with one attached hydrogen (secondary N) is 2. The molecule has 29 heavy (non-hydrogen) atoms.